The van der Waals surface area contributed by atoms with Crippen LogP contribution in [0, 0.1) is 0 Å². The van der Waals surface area contributed by atoms with Crippen molar-refractivity contribution in [3.05, 3.63) is 65.5 Å². The second-order valence-electron chi connectivity index (χ2n) is 7.04. The van der Waals surface area contributed by atoms with Crippen LogP contribution in [0.1, 0.15) is 39.3 Å². The van der Waals surface area contributed by atoms with Gasteiger partial charge in [0.15, 0.2) is 0 Å². The molecule has 1 aromatic heterocycles. The molecule has 2 heterocycles. The Labute approximate surface area is 158 Å². The SMILES string of the molecule is NC1(CNC(=O)c2ccc(C(=O)O)nc2)CCN(Cc2ccccc2)CC1. The van der Waals surface area contributed by atoms with E-state index >= 15 is 0 Å². The van der Waals surface area contributed by atoms with Gasteiger partial charge in [-0.05, 0) is 30.5 Å². The molecule has 1 saturated heterocycles. The number of aromatic nitrogens is 1. The van der Waals surface area contributed by atoms with Crippen molar-refractivity contribution in [3.63, 3.8) is 0 Å². The van der Waals surface area contributed by atoms with E-state index in [2.05, 4.69) is 27.3 Å². The van der Waals surface area contributed by atoms with Crippen LogP contribution in [-0.4, -0.2) is 52.0 Å². The number of pyridine rings is 1. The molecule has 2 aromatic rings. The van der Waals surface area contributed by atoms with E-state index in [1.54, 1.807) is 0 Å². The molecule has 1 amide bonds. The number of aromatic carboxylic acids is 1. The van der Waals surface area contributed by atoms with Crippen LogP contribution in [0.15, 0.2) is 48.7 Å². The third-order valence-corrected chi connectivity index (χ3v) is 4.95. The number of hydrogen-bond donors (Lipinski definition) is 3. The number of amides is 1. The van der Waals surface area contributed by atoms with Gasteiger partial charge in [-0.2, -0.15) is 0 Å². The summed E-state index contributed by atoms with van der Waals surface area (Å²) in [5, 5.41) is 11.7. The molecule has 1 aromatic carbocycles. The number of piperidine rings is 1. The highest BCUT2D eigenvalue weighted by Gasteiger charge is 2.31. The number of likely N-dealkylation sites (tertiary alicyclic amines) is 1. The highest BCUT2D eigenvalue weighted by Crippen LogP contribution is 2.20. The number of rotatable bonds is 6. The van der Waals surface area contributed by atoms with Crippen molar-refractivity contribution in [2.24, 2.45) is 5.73 Å². The molecule has 3 rings (SSSR count). The van der Waals surface area contributed by atoms with Crippen LogP contribution in [0.25, 0.3) is 0 Å². The lowest BCUT2D eigenvalue weighted by atomic mass is 9.88. The Bertz CT molecular complexity index is 785. The minimum absolute atomic E-state index is 0.0902. The molecule has 0 aliphatic carbocycles. The average molecular weight is 368 g/mol. The van der Waals surface area contributed by atoms with Gasteiger partial charge in [0.05, 0.1) is 5.56 Å². The maximum absolute atomic E-state index is 12.3. The first-order valence-electron chi connectivity index (χ1n) is 8.98. The minimum Gasteiger partial charge on any atom is -0.477 e. The summed E-state index contributed by atoms with van der Waals surface area (Å²) < 4.78 is 0. The molecule has 0 atom stereocenters. The number of carboxylic acid groups (broad SMARTS) is 1. The summed E-state index contributed by atoms with van der Waals surface area (Å²) in [7, 11) is 0. The van der Waals surface area contributed by atoms with E-state index in [9.17, 15) is 9.59 Å². The Morgan fingerprint density at radius 1 is 1.15 bits per heavy atom. The van der Waals surface area contributed by atoms with Gasteiger partial charge in [-0.15, -0.1) is 0 Å². The van der Waals surface area contributed by atoms with Crippen LogP contribution in [-0.2, 0) is 6.54 Å². The summed E-state index contributed by atoms with van der Waals surface area (Å²) in [4.78, 5) is 29.2. The van der Waals surface area contributed by atoms with Gasteiger partial charge in [0.25, 0.3) is 5.91 Å². The van der Waals surface area contributed by atoms with E-state index in [0.717, 1.165) is 32.5 Å². The number of nitrogens with two attached hydrogens (primary N) is 1. The average Bonchev–Trinajstić information content (AvgIpc) is 2.69. The molecule has 7 nitrogen and oxygen atoms in total. The molecular formula is C20H24N4O3. The Kier molecular flexibility index (Phi) is 5.83. The molecule has 0 unspecified atom stereocenters. The molecule has 142 valence electrons. The smallest absolute Gasteiger partial charge is 0.354 e. The lowest BCUT2D eigenvalue weighted by Crippen LogP contribution is -2.56. The first kappa shape index (κ1) is 19.0. The van der Waals surface area contributed by atoms with Crippen LogP contribution in [0.4, 0.5) is 0 Å². The van der Waals surface area contributed by atoms with Crippen molar-refractivity contribution in [2.45, 2.75) is 24.9 Å². The van der Waals surface area contributed by atoms with Gasteiger partial charge in [-0.1, -0.05) is 30.3 Å². The van der Waals surface area contributed by atoms with Gasteiger partial charge in [0, 0.05) is 37.9 Å². The third kappa shape index (κ3) is 5.12. The van der Waals surface area contributed by atoms with Gasteiger partial charge >= 0.3 is 5.97 Å². The predicted octanol–water partition coefficient (Wildman–Crippen LogP) is 1.50. The van der Waals surface area contributed by atoms with Crippen LogP contribution in [0.3, 0.4) is 0 Å². The van der Waals surface area contributed by atoms with Crippen molar-refractivity contribution in [1.29, 1.82) is 0 Å². The normalized spacial score (nSPS) is 16.6. The second-order valence-corrected chi connectivity index (χ2v) is 7.04. The predicted molar refractivity (Wildman–Crippen MR) is 101 cm³/mol. The Balaban J connectivity index is 1.48. The zero-order chi connectivity index (χ0) is 19.3. The molecule has 1 aliphatic heterocycles. The third-order valence-electron chi connectivity index (χ3n) is 4.95. The van der Waals surface area contributed by atoms with E-state index in [-0.39, 0.29) is 11.6 Å². The Morgan fingerprint density at radius 3 is 2.44 bits per heavy atom. The molecular weight excluding hydrogens is 344 g/mol. The molecule has 1 fully saturated rings. The fourth-order valence-electron chi connectivity index (χ4n) is 3.19. The number of carbonyl (C=O) groups is 2. The highest BCUT2D eigenvalue weighted by atomic mass is 16.4. The minimum atomic E-state index is -1.12. The first-order valence-corrected chi connectivity index (χ1v) is 8.98. The number of hydrogen-bond acceptors (Lipinski definition) is 5. The summed E-state index contributed by atoms with van der Waals surface area (Å²) in [5.41, 5.74) is 7.56. The molecule has 0 radical (unpaired) electrons. The zero-order valence-electron chi connectivity index (χ0n) is 15.1. The van der Waals surface area contributed by atoms with Crippen molar-refractivity contribution in [2.75, 3.05) is 19.6 Å². The standard InChI is InChI=1S/C20H24N4O3/c21-20(8-10-24(11-9-20)13-15-4-2-1-3-5-15)14-23-18(25)16-6-7-17(19(26)27)22-12-16/h1-7,12H,8-11,13-14,21H2,(H,23,25)(H,26,27). The summed E-state index contributed by atoms with van der Waals surface area (Å²) in [6.45, 7) is 3.06. The van der Waals surface area contributed by atoms with E-state index in [0.29, 0.717) is 12.1 Å². The van der Waals surface area contributed by atoms with Gasteiger partial charge in [-0.25, -0.2) is 9.78 Å². The van der Waals surface area contributed by atoms with Gasteiger partial charge in [-0.3, -0.25) is 9.69 Å². The first-order chi connectivity index (χ1) is 13.0. The summed E-state index contributed by atoms with van der Waals surface area (Å²) in [5.74, 6) is -1.42. The second kappa shape index (κ2) is 8.28. The van der Waals surface area contributed by atoms with Crippen molar-refractivity contribution in [3.8, 4) is 0 Å². The molecule has 0 saturated carbocycles. The number of nitrogens with zero attached hydrogens (tertiary/aromatic N) is 2. The quantitative estimate of drug-likeness (QED) is 0.713. The van der Waals surface area contributed by atoms with Crippen LogP contribution >= 0.6 is 0 Å². The fourth-order valence-corrected chi connectivity index (χ4v) is 3.19. The van der Waals surface area contributed by atoms with E-state index in [4.69, 9.17) is 10.8 Å². The Morgan fingerprint density at radius 2 is 1.85 bits per heavy atom. The van der Waals surface area contributed by atoms with Gasteiger partial charge in [0.2, 0.25) is 0 Å². The highest BCUT2D eigenvalue weighted by molar-refractivity contribution is 5.94. The maximum Gasteiger partial charge on any atom is 0.354 e. The van der Waals surface area contributed by atoms with Crippen LogP contribution in [0.2, 0.25) is 0 Å². The van der Waals surface area contributed by atoms with Crippen molar-refractivity contribution in [1.82, 2.24) is 15.2 Å². The Hall–Kier alpha value is -2.77. The number of carboxylic acids is 1. The molecule has 1 aliphatic rings. The largest absolute Gasteiger partial charge is 0.477 e. The number of benzene rings is 1. The summed E-state index contributed by atoms with van der Waals surface area (Å²) in [6.07, 6.45) is 2.87. The van der Waals surface area contributed by atoms with Gasteiger partial charge in [0.1, 0.15) is 5.69 Å². The summed E-state index contributed by atoms with van der Waals surface area (Å²) in [6, 6.07) is 13.1. The van der Waals surface area contributed by atoms with Crippen molar-refractivity contribution >= 4 is 11.9 Å². The topological polar surface area (TPSA) is 109 Å². The number of carbonyl (C=O) groups excluding carboxylic acids is 1. The van der Waals surface area contributed by atoms with Gasteiger partial charge < -0.3 is 16.2 Å². The van der Waals surface area contributed by atoms with Crippen LogP contribution < -0.4 is 11.1 Å². The zero-order valence-corrected chi connectivity index (χ0v) is 15.1. The van der Waals surface area contributed by atoms with E-state index < -0.39 is 11.5 Å². The molecule has 0 bridgehead atoms. The number of nitrogens with one attached hydrogen (secondary N) is 1. The summed E-state index contributed by atoms with van der Waals surface area (Å²) >= 11 is 0. The van der Waals surface area contributed by atoms with E-state index in [1.165, 1.54) is 23.9 Å². The van der Waals surface area contributed by atoms with E-state index in [1.807, 2.05) is 18.2 Å². The fraction of sp³-hybridized carbons (Fsp3) is 0.350. The maximum atomic E-state index is 12.3. The molecule has 0 spiro atoms. The molecule has 27 heavy (non-hydrogen) atoms. The lowest BCUT2D eigenvalue weighted by Gasteiger charge is -2.39. The molecule has 7 heteroatoms. The lowest BCUT2D eigenvalue weighted by molar-refractivity contribution is 0.0689. The van der Waals surface area contributed by atoms with Crippen LogP contribution in [0.5, 0.6) is 0 Å². The monoisotopic (exact) mass is 368 g/mol. The van der Waals surface area contributed by atoms with Crippen molar-refractivity contribution < 1.29 is 14.7 Å². The molecule has 4 N–H and O–H groups in total.